The lowest BCUT2D eigenvalue weighted by Gasteiger charge is -2.04. The van der Waals surface area contributed by atoms with Crippen LogP contribution in [0.25, 0.3) is 10.6 Å². The lowest BCUT2D eigenvalue weighted by Crippen LogP contribution is -2.06. The van der Waals surface area contributed by atoms with Crippen molar-refractivity contribution < 1.29 is 9.53 Å². The number of aryl methyl sites for hydroxylation is 1. The van der Waals surface area contributed by atoms with Crippen molar-refractivity contribution in [1.82, 2.24) is 4.98 Å². The number of hydrogen-bond donors (Lipinski definition) is 0. The number of rotatable bonds is 4. The second kappa shape index (κ2) is 5.37. The molecule has 0 N–H and O–H groups in total. The van der Waals surface area contributed by atoms with Crippen molar-refractivity contribution in [2.24, 2.45) is 0 Å². The lowest BCUT2D eigenvalue weighted by molar-refractivity contribution is 0.0519. The predicted octanol–water partition coefficient (Wildman–Crippen LogP) is 4.17. The van der Waals surface area contributed by atoms with E-state index >= 15 is 0 Å². The van der Waals surface area contributed by atoms with Crippen LogP contribution in [0.15, 0.2) is 24.3 Å². The first-order valence-corrected chi connectivity index (χ1v) is 7.76. The van der Waals surface area contributed by atoms with Gasteiger partial charge in [0.1, 0.15) is 5.01 Å². The number of carbonyl (C=O) groups is 1. The number of ether oxygens (including phenoxy) is 1. The van der Waals surface area contributed by atoms with Gasteiger partial charge in [-0.1, -0.05) is 24.3 Å². The zero-order chi connectivity index (χ0) is 14.1. The highest BCUT2D eigenvalue weighted by molar-refractivity contribution is 7.15. The Morgan fingerprint density at radius 3 is 2.85 bits per heavy atom. The molecule has 0 aliphatic heterocycles. The fourth-order valence-electron chi connectivity index (χ4n) is 2.34. The maximum absolute atomic E-state index is 11.9. The van der Waals surface area contributed by atoms with Crippen LogP contribution in [-0.4, -0.2) is 17.6 Å². The molecule has 2 aromatic rings. The summed E-state index contributed by atoms with van der Waals surface area (Å²) in [6, 6.07) is 8.38. The molecule has 1 aliphatic carbocycles. The Labute approximate surface area is 122 Å². The average molecular weight is 287 g/mol. The fraction of sp³-hybridized carbons (Fsp3) is 0.375. The Hall–Kier alpha value is -1.68. The van der Waals surface area contributed by atoms with E-state index in [1.807, 2.05) is 19.9 Å². The Morgan fingerprint density at radius 1 is 1.40 bits per heavy atom. The van der Waals surface area contributed by atoms with Gasteiger partial charge in [0.05, 0.1) is 6.61 Å². The smallest absolute Gasteiger partial charge is 0.358 e. The second-order valence-corrected chi connectivity index (χ2v) is 6.21. The molecular formula is C16H17NO2S. The van der Waals surface area contributed by atoms with Gasteiger partial charge in [-0.15, -0.1) is 11.3 Å². The van der Waals surface area contributed by atoms with Gasteiger partial charge in [-0.25, -0.2) is 9.78 Å². The molecule has 1 aromatic carbocycles. The molecule has 0 saturated heterocycles. The minimum atomic E-state index is -0.323. The summed E-state index contributed by atoms with van der Waals surface area (Å²) in [7, 11) is 0. The molecule has 1 aliphatic rings. The molecule has 1 aromatic heterocycles. The maximum atomic E-state index is 11.9. The minimum Gasteiger partial charge on any atom is -0.461 e. The number of thiazole rings is 1. The van der Waals surface area contributed by atoms with Gasteiger partial charge < -0.3 is 4.74 Å². The lowest BCUT2D eigenvalue weighted by atomic mass is 10.0. The van der Waals surface area contributed by atoms with E-state index in [2.05, 4.69) is 23.2 Å². The summed E-state index contributed by atoms with van der Waals surface area (Å²) in [5.41, 5.74) is 2.98. The molecule has 20 heavy (non-hydrogen) atoms. The molecule has 1 saturated carbocycles. The van der Waals surface area contributed by atoms with Crippen LogP contribution in [0.2, 0.25) is 0 Å². The summed E-state index contributed by atoms with van der Waals surface area (Å²) in [5.74, 6) is 0.345. The number of benzene rings is 1. The summed E-state index contributed by atoms with van der Waals surface area (Å²) in [6.45, 7) is 4.11. The van der Waals surface area contributed by atoms with Crippen LogP contribution in [0.3, 0.4) is 0 Å². The predicted molar refractivity (Wildman–Crippen MR) is 80.2 cm³/mol. The maximum Gasteiger partial charge on any atom is 0.358 e. The molecule has 0 atom stereocenters. The largest absolute Gasteiger partial charge is 0.461 e. The van der Waals surface area contributed by atoms with Gasteiger partial charge in [0, 0.05) is 10.4 Å². The van der Waals surface area contributed by atoms with E-state index in [-0.39, 0.29) is 5.97 Å². The van der Waals surface area contributed by atoms with Gasteiger partial charge in [0.25, 0.3) is 0 Å². The first-order chi connectivity index (χ1) is 9.70. The number of carbonyl (C=O) groups excluding carboxylic acids is 1. The van der Waals surface area contributed by atoms with Crippen LogP contribution < -0.4 is 0 Å². The molecule has 1 fully saturated rings. The van der Waals surface area contributed by atoms with E-state index in [1.54, 1.807) is 11.3 Å². The fourth-order valence-corrected chi connectivity index (χ4v) is 3.29. The molecule has 0 radical (unpaired) electrons. The summed E-state index contributed by atoms with van der Waals surface area (Å²) in [4.78, 5) is 17.3. The van der Waals surface area contributed by atoms with Crippen molar-refractivity contribution in [3.05, 3.63) is 40.4 Å². The molecule has 104 valence electrons. The van der Waals surface area contributed by atoms with Crippen LogP contribution in [0.1, 0.15) is 46.6 Å². The topological polar surface area (TPSA) is 39.2 Å². The molecule has 0 spiro atoms. The summed E-state index contributed by atoms with van der Waals surface area (Å²) in [5, 5.41) is 0.924. The molecule has 0 unspecified atom stereocenters. The van der Waals surface area contributed by atoms with Crippen LogP contribution >= 0.6 is 11.3 Å². The van der Waals surface area contributed by atoms with Crippen molar-refractivity contribution in [3.63, 3.8) is 0 Å². The third-order valence-corrected chi connectivity index (χ3v) is 4.48. The van der Waals surface area contributed by atoms with Crippen LogP contribution in [0.4, 0.5) is 0 Å². The molecule has 0 amide bonds. The van der Waals surface area contributed by atoms with Crippen molar-refractivity contribution in [3.8, 4) is 10.6 Å². The molecule has 4 heteroatoms. The van der Waals surface area contributed by atoms with Crippen LogP contribution in [0.5, 0.6) is 0 Å². The van der Waals surface area contributed by atoms with Crippen molar-refractivity contribution >= 4 is 17.3 Å². The SMILES string of the molecule is CCOC(=O)c1nc(-c2ccccc2C2CC2)sc1C. The van der Waals surface area contributed by atoms with Crippen molar-refractivity contribution in [1.29, 1.82) is 0 Å². The number of hydrogen-bond acceptors (Lipinski definition) is 4. The Balaban J connectivity index is 1.99. The third-order valence-electron chi connectivity index (χ3n) is 3.47. The molecule has 3 nitrogen and oxygen atoms in total. The Bertz CT molecular complexity index is 644. The van der Waals surface area contributed by atoms with Gasteiger partial charge in [0.15, 0.2) is 5.69 Å². The van der Waals surface area contributed by atoms with Crippen molar-refractivity contribution in [2.45, 2.75) is 32.6 Å². The van der Waals surface area contributed by atoms with Gasteiger partial charge >= 0.3 is 5.97 Å². The highest BCUT2D eigenvalue weighted by Crippen LogP contribution is 2.45. The molecule has 3 rings (SSSR count). The van der Waals surface area contributed by atoms with E-state index in [0.29, 0.717) is 18.2 Å². The van der Waals surface area contributed by atoms with Gasteiger partial charge in [-0.05, 0) is 38.2 Å². The molecule has 0 bridgehead atoms. The average Bonchev–Trinajstić information content (AvgIpc) is 3.22. The third kappa shape index (κ3) is 2.48. The molecular weight excluding hydrogens is 270 g/mol. The number of esters is 1. The molecule has 1 heterocycles. The Kier molecular flexibility index (Phi) is 3.57. The monoisotopic (exact) mass is 287 g/mol. The highest BCUT2D eigenvalue weighted by atomic mass is 32.1. The highest BCUT2D eigenvalue weighted by Gasteiger charge is 2.27. The zero-order valence-corrected chi connectivity index (χ0v) is 12.5. The van der Waals surface area contributed by atoms with Crippen molar-refractivity contribution in [2.75, 3.05) is 6.61 Å². The van der Waals surface area contributed by atoms with E-state index < -0.39 is 0 Å². The van der Waals surface area contributed by atoms with Gasteiger partial charge in [-0.3, -0.25) is 0 Å². The Morgan fingerprint density at radius 2 is 2.15 bits per heavy atom. The summed E-state index contributed by atoms with van der Waals surface area (Å²) < 4.78 is 5.05. The van der Waals surface area contributed by atoms with E-state index in [0.717, 1.165) is 9.88 Å². The van der Waals surface area contributed by atoms with E-state index in [1.165, 1.54) is 24.0 Å². The second-order valence-electron chi connectivity index (χ2n) is 5.01. The zero-order valence-electron chi connectivity index (χ0n) is 11.7. The van der Waals surface area contributed by atoms with Gasteiger partial charge in [-0.2, -0.15) is 0 Å². The van der Waals surface area contributed by atoms with E-state index in [9.17, 15) is 4.79 Å². The quantitative estimate of drug-likeness (QED) is 0.792. The minimum absolute atomic E-state index is 0.323. The van der Waals surface area contributed by atoms with Gasteiger partial charge in [0.2, 0.25) is 0 Å². The number of aromatic nitrogens is 1. The van der Waals surface area contributed by atoms with E-state index in [4.69, 9.17) is 4.74 Å². The normalized spacial score (nSPS) is 14.3. The summed E-state index contributed by atoms with van der Waals surface area (Å²) >= 11 is 1.57. The number of nitrogens with zero attached hydrogens (tertiary/aromatic N) is 1. The standard InChI is InChI=1S/C16H17NO2S/c1-3-19-16(18)14-10(2)20-15(17-14)13-7-5-4-6-12(13)11-8-9-11/h4-7,11H,3,8-9H2,1-2H3. The summed E-state index contributed by atoms with van der Waals surface area (Å²) in [6.07, 6.45) is 2.51. The first kappa shape index (κ1) is 13.3. The first-order valence-electron chi connectivity index (χ1n) is 6.94. The van der Waals surface area contributed by atoms with Crippen LogP contribution in [-0.2, 0) is 4.74 Å². The van der Waals surface area contributed by atoms with Crippen LogP contribution in [0, 0.1) is 6.92 Å².